The van der Waals surface area contributed by atoms with Crippen LogP contribution >= 0.6 is 0 Å². The summed E-state index contributed by atoms with van der Waals surface area (Å²) in [6.07, 6.45) is -5.82. The first kappa shape index (κ1) is 19.6. The van der Waals surface area contributed by atoms with Crippen LogP contribution < -0.4 is 10.6 Å². The maximum absolute atomic E-state index is 13.1. The molecule has 0 radical (unpaired) electrons. The highest BCUT2D eigenvalue weighted by Gasteiger charge is 2.60. The summed E-state index contributed by atoms with van der Waals surface area (Å²) >= 11 is 0. The monoisotopic (exact) mass is 397 g/mol. The number of aliphatic hydroxyl groups is 1. The normalized spacial score (nSPS) is 19.0. The Morgan fingerprint density at radius 1 is 1.21 bits per heavy atom. The fraction of sp³-hybridized carbons (Fsp3) is 0.222. The van der Waals surface area contributed by atoms with Gasteiger partial charge in [0.05, 0.1) is 12.1 Å². The number of halogens is 4. The molecule has 0 aromatic heterocycles. The molecule has 1 aliphatic heterocycles. The number of hydrogen-bond acceptors (Lipinski definition) is 4. The molecule has 0 aliphatic carbocycles. The molecule has 28 heavy (non-hydrogen) atoms. The van der Waals surface area contributed by atoms with Gasteiger partial charge >= 0.3 is 18.0 Å². The Hall–Kier alpha value is -3.14. The third-order valence-electron chi connectivity index (χ3n) is 3.95. The summed E-state index contributed by atoms with van der Waals surface area (Å²) < 4.78 is 51.5. The Balaban J connectivity index is 1.60. The Bertz CT molecular complexity index is 917. The molecule has 1 heterocycles. The molecule has 3 N–H and O–H groups in total. The number of urea groups is 1. The Labute approximate surface area is 156 Å². The molecule has 3 rings (SSSR count). The fourth-order valence-corrected chi connectivity index (χ4v) is 2.51. The Morgan fingerprint density at radius 2 is 1.96 bits per heavy atom. The van der Waals surface area contributed by atoms with Gasteiger partial charge < -0.3 is 20.6 Å². The van der Waals surface area contributed by atoms with Gasteiger partial charge in [0.25, 0.3) is 0 Å². The van der Waals surface area contributed by atoms with Crippen molar-refractivity contribution in [1.82, 2.24) is 5.32 Å². The zero-order valence-electron chi connectivity index (χ0n) is 14.3. The Kier molecular flexibility index (Phi) is 5.23. The molecule has 1 atom stereocenters. The number of oxime groups is 1. The van der Waals surface area contributed by atoms with Crippen LogP contribution in [0.25, 0.3) is 0 Å². The lowest BCUT2D eigenvalue weighted by atomic mass is 10.0. The fourth-order valence-electron chi connectivity index (χ4n) is 2.51. The van der Waals surface area contributed by atoms with E-state index in [1.807, 2.05) is 0 Å². The molecule has 0 fully saturated rings. The second kappa shape index (κ2) is 7.47. The molecular formula is C18H15F4N3O3. The van der Waals surface area contributed by atoms with Gasteiger partial charge in [-0.1, -0.05) is 29.4 Å². The first-order valence-corrected chi connectivity index (χ1v) is 8.10. The third-order valence-corrected chi connectivity index (χ3v) is 3.95. The number of alkyl halides is 3. The summed E-state index contributed by atoms with van der Waals surface area (Å²) in [7, 11) is 0. The molecular weight excluding hydrogens is 382 g/mol. The van der Waals surface area contributed by atoms with Gasteiger partial charge in [-0.2, -0.15) is 13.2 Å². The first-order chi connectivity index (χ1) is 13.2. The van der Waals surface area contributed by atoms with E-state index in [2.05, 4.69) is 20.6 Å². The minimum Gasteiger partial charge on any atom is -0.350 e. The minimum atomic E-state index is -4.98. The summed E-state index contributed by atoms with van der Waals surface area (Å²) in [5.74, 6) is -3.84. The van der Waals surface area contributed by atoms with Crippen LogP contribution in [0.1, 0.15) is 17.5 Å². The van der Waals surface area contributed by atoms with Gasteiger partial charge in [0.2, 0.25) is 0 Å². The molecule has 0 saturated carbocycles. The van der Waals surface area contributed by atoms with Crippen molar-refractivity contribution in [3.05, 3.63) is 65.5 Å². The predicted octanol–water partition coefficient (Wildman–Crippen LogP) is 3.52. The lowest BCUT2D eigenvalue weighted by molar-refractivity contribution is -0.355. The van der Waals surface area contributed by atoms with Crippen molar-refractivity contribution in [2.45, 2.75) is 24.9 Å². The quantitative estimate of drug-likeness (QED) is 0.691. The van der Waals surface area contributed by atoms with Gasteiger partial charge in [-0.3, -0.25) is 0 Å². The van der Waals surface area contributed by atoms with E-state index >= 15 is 0 Å². The number of nitrogens with zero attached hydrogens (tertiary/aromatic N) is 1. The highest BCUT2D eigenvalue weighted by molar-refractivity contribution is 6.01. The van der Waals surface area contributed by atoms with E-state index in [-0.39, 0.29) is 17.9 Å². The molecule has 148 valence electrons. The topological polar surface area (TPSA) is 83.0 Å². The van der Waals surface area contributed by atoms with E-state index in [4.69, 9.17) is 0 Å². The number of carbonyl (C=O) groups is 1. The number of nitrogens with one attached hydrogen (secondary N) is 2. The van der Waals surface area contributed by atoms with Crippen molar-refractivity contribution in [1.29, 1.82) is 0 Å². The predicted molar refractivity (Wildman–Crippen MR) is 91.9 cm³/mol. The van der Waals surface area contributed by atoms with Crippen molar-refractivity contribution in [3.8, 4) is 0 Å². The smallest absolute Gasteiger partial charge is 0.350 e. The Morgan fingerprint density at radius 3 is 2.64 bits per heavy atom. The summed E-state index contributed by atoms with van der Waals surface area (Å²) in [6.45, 7) is 0.0622. The van der Waals surface area contributed by atoms with Crippen molar-refractivity contribution in [3.63, 3.8) is 0 Å². The zero-order valence-corrected chi connectivity index (χ0v) is 14.3. The van der Waals surface area contributed by atoms with Crippen LogP contribution in [0.3, 0.4) is 0 Å². The SMILES string of the molecule is O=C(NCc1cccc(C2=NOC(O)(C(F)(F)F)C2)c1)Nc1cccc(F)c1. The number of benzene rings is 2. The van der Waals surface area contributed by atoms with Crippen molar-refractivity contribution < 1.29 is 32.3 Å². The lowest BCUT2D eigenvalue weighted by Crippen LogP contribution is -2.45. The highest BCUT2D eigenvalue weighted by Crippen LogP contribution is 2.38. The number of carbonyl (C=O) groups excluding carboxylic acids is 1. The van der Waals surface area contributed by atoms with E-state index < -0.39 is 30.2 Å². The minimum absolute atomic E-state index is 0.0622. The molecule has 0 spiro atoms. The van der Waals surface area contributed by atoms with E-state index in [9.17, 15) is 27.5 Å². The molecule has 1 unspecified atom stereocenters. The van der Waals surface area contributed by atoms with Gasteiger partial charge in [-0.25, -0.2) is 9.18 Å². The van der Waals surface area contributed by atoms with Gasteiger partial charge in [-0.15, -0.1) is 0 Å². The maximum atomic E-state index is 13.1. The van der Waals surface area contributed by atoms with Crippen molar-refractivity contribution in [2.75, 3.05) is 5.32 Å². The van der Waals surface area contributed by atoms with E-state index in [1.54, 1.807) is 12.1 Å². The van der Waals surface area contributed by atoms with Crippen LogP contribution in [-0.2, 0) is 11.4 Å². The highest BCUT2D eigenvalue weighted by atomic mass is 19.4. The third kappa shape index (κ3) is 4.39. The van der Waals surface area contributed by atoms with Crippen LogP contribution in [0.5, 0.6) is 0 Å². The van der Waals surface area contributed by atoms with Crippen LogP contribution in [0.2, 0.25) is 0 Å². The van der Waals surface area contributed by atoms with Gasteiger partial charge in [0.15, 0.2) is 0 Å². The largest absolute Gasteiger partial charge is 0.458 e. The molecule has 2 aromatic carbocycles. The van der Waals surface area contributed by atoms with Crippen LogP contribution in [0.4, 0.5) is 28.0 Å². The van der Waals surface area contributed by atoms with Crippen molar-refractivity contribution >= 4 is 17.4 Å². The van der Waals surface area contributed by atoms with Crippen LogP contribution in [0, 0.1) is 5.82 Å². The maximum Gasteiger partial charge on any atom is 0.458 e. The summed E-state index contributed by atoms with van der Waals surface area (Å²) in [5.41, 5.74) is 1.11. The molecule has 0 bridgehead atoms. The molecule has 10 heteroatoms. The lowest BCUT2D eigenvalue weighted by Gasteiger charge is -2.22. The summed E-state index contributed by atoms with van der Waals surface area (Å²) in [5, 5.41) is 17.9. The molecule has 6 nitrogen and oxygen atoms in total. The zero-order chi connectivity index (χ0) is 20.4. The molecule has 1 aliphatic rings. The summed E-state index contributed by atoms with van der Waals surface area (Å²) in [4.78, 5) is 16.1. The van der Waals surface area contributed by atoms with Crippen LogP contribution in [0.15, 0.2) is 53.7 Å². The summed E-state index contributed by atoms with van der Waals surface area (Å²) in [6, 6.07) is 11.0. The molecule has 0 saturated heterocycles. The van der Waals surface area contributed by atoms with Gasteiger partial charge in [-0.05, 0) is 35.4 Å². The second-order valence-electron chi connectivity index (χ2n) is 6.11. The molecule has 2 aromatic rings. The number of hydrogen-bond donors (Lipinski definition) is 3. The molecule has 2 amide bonds. The van der Waals surface area contributed by atoms with Gasteiger partial charge in [0.1, 0.15) is 5.82 Å². The van der Waals surface area contributed by atoms with Crippen LogP contribution in [-0.4, -0.2) is 28.8 Å². The van der Waals surface area contributed by atoms with E-state index in [0.717, 1.165) is 6.07 Å². The van der Waals surface area contributed by atoms with Gasteiger partial charge in [0, 0.05) is 12.2 Å². The average molecular weight is 397 g/mol. The second-order valence-corrected chi connectivity index (χ2v) is 6.11. The standard InChI is InChI=1S/C18H15F4N3O3/c19-13-5-2-6-14(8-13)24-16(26)23-10-11-3-1-4-12(7-11)15-9-17(27,28-25-15)18(20,21)22/h1-8,27H,9-10H2,(H2,23,24,26). The number of rotatable bonds is 4. The number of anilines is 1. The average Bonchev–Trinajstić information content (AvgIpc) is 3.04. The number of amides is 2. The van der Waals surface area contributed by atoms with E-state index in [0.29, 0.717) is 11.1 Å². The van der Waals surface area contributed by atoms with E-state index in [1.165, 1.54) is 30.3 Å². The first-order valence-electron chi connectivity index (χ1n) is 8.10. The van der Waals surface area contributed by atoms with Crippen molar-refractivity contribution in [2.24, 2.45) is 5.16 Å².